The number of rotatable bonds is 9. The van der Waals surface area contributed by atoms with Gasteiger partial charge in [0.15, 0.2) is 6.61 Å². The van der Waals surface area contributed by atoms with E-state index >= 15 is 0 Å². The lowest BCUT2D eigenvalue weighted by Crippen LogP contribution is -2.46. The van der Waals surface area contributed by atoms with Gasteiger partial charge in [0.1, 0.15) is 5.75 Å². The van der Waals surface area contributed by atoms with E-state index in [0.29, 0.717) is 11.7 Å². The van der Waals surface area contributed by atoms with Gasteiger partial charge >= 0.3 is 12.0 Å². The maximum Gasteiger partial charge on any atom is 0.341 e. The molecule has 0 saturated heterocycles. The SMILES string of the molecule is CN(CCC1CCc2c(cccc2OCC(=O)O)C1)NC(=O)N(c1ccccc1)c1ccccc1. The van der Waals surface area contributed by atoms with Crippen molar-refractivity contribution < 1.29 is 19.4 Å². The summed E-state index contributed by atoms with van der Waals surface area (Å²) in [6.45, 7) is 0.395. The Bertz CT molecular complexity index is 1100. The minimum Gasteiger partial charge on any atom is -0.482 e. The highest BCUT2D eigenvalue weighted by atomic mass is 16.5. The van der Waals surface area contributed by atoms with Gasteiger partial charge in [-0.15, -0.1) is 0 Å². The lowest BCUT2D eigenvalue weighted by atomic mass is 9.82. The van der Waals surface area contributed by atoms with Crippen LogP contribution in [0.4, 0.5) is 16.2 Å². The first-order valence-corrected chi connectivity index (χ1v) is 11.9. The highest BCUT2D eigenvalue weighted by Crippen LogP contribution is 2.33. The van der Waals surface area contributed by atoms with Gasteiger partial charge in [0, 0.05) is 13.6 Å². The number of carbonyl (C=O) groups excluding carboxylic acids is 1. The Morgan fingerprint density at radius 3 is 2.26 bits per heavy atom. The van der Waals surface area contributed by atoms with Crippen LogP contribution in [-0.2, 0) is 17.6 Å². The first-order chi connectivity index (χ1) is 17.0. The molecule has 0 saturated carbocycles. The smallest absolute Gasteiger partial charge is 0.341 e. The minimum atomic E-state index is -0.973. The van der Waals surface area contributed by atoms with Crippen molar-refractivity contribution in [2.45, 2.75) is 25.7 Å². The summed E-state index contributed by atoms with van der Waals surface area (Å²) in [5, 5.41) is 10.8. The number of ether oxygens (including phenoxy) is 1. The molecule has 1 aliphatic carbocycles. The Hall–Kier alpha value is -3.84. The lowest BCUT2D eigenvalue weighted by molar-refractivity contribution is -0.139. The Balaban J connectivity index is 1.34. The normalized spacial score (nSPS) is 14.7. The highest BCUT2D eigenvalue weighted by Gasteiger charge is 2.23. The van der Waals surface area contributed by atoms with Gasteiger partial charge in [0.2, 0.25) is 0 Å². The molecule has 7 heteroatoms. The van der Waals surface area contributed by atoms with Crippen LogP contribution in [0.15, 0.2) is 78.9 Å². The maximum atomic E-state index is 13.2. The number of aliphatic carboxylic acids is 1. The summed E-state index contributed by atoms with van der Waals surface area (Å²) in [5.74, 6) is 0.185. The number of nitrogens with zero attached hydrogens (tertiary/aromatic N) is 2. The molecule has 2 amide bonds. The van der Waals surface area contributed by atoms with E-state index < -0.39 is 5.97 Å². The molecule has 3 aromatic carbocycles. The summed E-state index contributed by atoms with van der Waals surface area (Å²) in [6, 6.07) is 24.9. The van der Waals surface area contributed by atoms with Crippen LogP contribution in [0.3, 0.4) is 0 Å². The zero-order chi connectivity index (χ0) is 24.6. The lowest BCUT2D eigenvalue weighted by Gasteiger charge is -2.29. The average molecular weight is 474 g/mol. The zero-order valence-electron chi connectivity index (χ0n) is 19.9. The standard InChI is InChI=1S/C28H31N3O4/c1-30(29-28(34)31(23-10-4-2-5-11-23)24-12-6-3-7-13-24)18-17-21-15-16-25-22(19-21)9-8-14-26(25)35-20-27(32)33/h2-14,21H,15-20H2,1H3,(H,29,34)(H,32,33). The van der Waals surface area contributed by atoms with Crippen molar-refractivity contribution in [2.24, 2.45) is 5.92 Å². The summed E-state index contributed by atoms with van der Waals surface area (Å²) in [5.41, 5.74) is 6.95. The largest absolute Gasteiger partial charge is 0.482 e. The first-order valence-electron chi connectivity index (χ1n) is 11.9. The van der Waals surface area contributed by atoms with Gasteiger partial charge < -0.3 is 9.84 Å². The number of carboxylic acid groups (broad SMARTS) is 1. The van der Waals surface area contributed by atoms with Crippen LogP contribution in [0.5, 0.6) is 5.75 Å². The highest BCUT2D eigenvalue weighted by molar-refractivity contribution is 5.99. The molecule has 3 aromatic rings. The Labute approximate surface area is 205 Å². The Morgan fingerprint density at radius 1 is 0.971 bits per heavy atom. The molecule has 1 atom stereocenters. The third kappa shape index (κ3) is 6.39. The van der Waals surface area contributed by atoms with Gasteiger partial charge in [-0.2, -0.15) is 0 Å². The minimum absolute atomic E-state index is 0.209. The van der Waals surface area contributed by atoms with Crippen molar-refractivity contribution in [3.8, 4) is 5.75 Å². The van der Waals surface area contributed by atoms with Gasteiger partial charge in [-0.25, -0.2) is 14.6 Å². The molecule has 0 radical (unpaired) electrons. The number of carbonyl (C=O) groups is 2. The Kier molecular flexibility index (Phi) is 8.00. The van der Waals surface area contributed by atoms with Crippen LogP contribution in [0.1, 0.15) is 24.0 Å². The molecule has 0 fully saturated rings. The van der Waals surface area contributed by atoms with Gasteiger partial charge in [-0.1, -0.05) is 48.5 Å². The number of benzene rings is 3. The van der Waals surface area contributed by atoms with Crippen LogP contribution in [-0.4, -0.2) is 42.3 Å². The van der Waals surface area contributed by atoms with E-state index in [9.17, 15) is 9.59 Å². The fraction of sp³-hybridized carbons (Fsp3) is 0.286. The van der Waals surface area contributed by atoms with E-state index in [1.807, 2.05) is 84.9 Å². The van der Waals surface area contributed by atoms with Gasteiger partial charge in [0.25, 0.3) is 0 Å². The molecule has 182 valence electrons. The fourth-order valence-electron chi connectivity index (χ4n) is 4.55. The average Bonchev–Trinajstić information content (AvgIpc) is 2.87. The number of para-hydroxylation sites is 2. The number of anilines is 2. The topological polar surface area (TPSA) is 82.1 Å². The number of hydrazine groups is 1. The van der Waals surface area contributed by atoms with Crippen molar-refractivity contribution in [3.05, 3.63) is 90.0 Å². The van der Waals surface area contributed by atoms with E-state index in [1.54, 1.807) is 4.90 Å². The predicted octanol–water partition coefficient (Wildman–Crippen LogP) is 5.04. The molecule has 0 aliphatic heterocycles. The van der Waals surface area contributed by atoms with Gasteiger partial charge in [-0.05, 0) is 73.1 Å². The van der Waals surface area contributed by atoms with Crippen molar-refractivity contribution in [1.29, 1.82) is 0 Å². The van der Waals surface area contributed by atoms with Crippen LogP contribution < -0.4 is 15.1 Å². The fourth-order valence-corrected chi connectivity index (χ4v) is 4.55. The summed E-state index contributed by atoms with van der Waals surface area (Å²) < 4.78 is 5.48. The molecule has 4 rings (SSSR count). The van der Waals surface area contributed by atoms with Crippen LogP contribution in [0.2, 0.25) is 0 Å². The molecule has 1 aliphatic rings. The van der Waals surface area contributed by atoms with E-state index in [4.69, 9.17) is 9.84 Å². The van der Waals surface area contributed by atoms with Crippen molar-refractivity contribution >= 4 is 23.4 Å². The number of amides is 2. The number of hydrogen-bond donors (Lipinski definition) is 2. The molecular weight excluding hydrogens is 442 g/mol. The maximum absolute atomic E-state index is 13.2. The number of urea groups is 1. The van der Waals surface area contributed by atoms with Crippen molar-refractivity contribution in [2.75, 3.05) is 25.1 Å². The Morgan fingerprint density at radius 2 is 1.63 bits per heavy atom. The number of fused-ring (bicyclic) bond motifs is 1. The molecule has 2 N–H and O–H groups in total. The molecule has 1 unspecified atom stereocenters. The third-order valence-electron chi connectivity index (χ3n) is 6.28. The number of nitrogens with one attached hydrogen (secondary N) is 1. The van der Waals surface area contributed by atoms with Gasteiger partial charge in [0.05, 0.1) is 11.4 Å². The first kappa shape index (κ1) is 24.3. The molecule has 0 bridgehead atoms. The third-order valence-corrected chi connectivity index (χ3v) is 6.28. The molecule has 35 heavy (non-hydrogen) atoms. The summed E-state index contributed by atoms with van der Waals surface area (Å²) in [7, 11) is 1.89. The molecule has 0 spiro atoms. The second-order valence-corrected chi connectivity index (χ2v) is 8.82. The number of carboxylic acids is 1. The van der Waals surface area contributed by atoms with Crippen LogP contribution >= 0.6 is 0 Å². The van der Waals surface area contributed by atoms with E-state index in [2.05, 4.69) is 11.5 Å². The van der Waals surface area contributed by atoms with Crippen LogP contribution in [0, 0.1) is 5.92 Å². The molecule has 7 nitrogen and oxygen atoms in total. The van der Waals surface area contributed by atoms with E-state index in [0.717, 1.165) is 49.2 Å². The zero-order valence-corrected chi connectivity index (χ0v) is 19.9. The molecule has 0 aromatic heterocycles. The molecule has 0 heterocycles. The number of hydrogen-bond acceptors (Lipinski definition) is 4. The predicted molar refractivity (Wildman–Crippen MR) is 136 cm³/mol. The second kappa shape index (κ2) is 11.5. The van der Waals surface area contributed by atoms with Crippen molar-refractivity contribution in [3.63, 3.8) is 0 Å². The van der Waals surface area contributed by atoms with Crippen molar-refractivity contribution in [1.82, 2.24) is 10.4 Å². The summed E-state index contributed by atoms with van der Waals surface area (Å²) in [4.78, 5) is 25.8. The monoisotopic (exact) mass is 473 g/mol. The van der Waals surface area contributed by atoms with Crippen LogP contribution in [0.25, 0.3) is 0 Å². The van der Waals surface area contributed by atoms with Gasteiger partial charge in [-0.3, -0.25) is 10.3 Å². The summed E-state index contributed by atoms with van der Waals surface area (Å²) in [6.07, 6.45) is 3.72. The molecular formula is C28H31N3O4. The van der Waals surface area contributed by atoms with E-state index in [-0.39, 0.29) is 12.6 Å². The quantitative estimate of drug-likeness (QED) is 0.426. The summed E-state index contributed by atoms with van der Waals surface area (Å²) >= 11 is 0. The van der Waals surface area contributed by atoms with E-state index in [1.165, 1.54) is 5.56 Å². The second-order valence-electron chi connectivity index (χ2n) is 8.82.